The van der Waals surface area contributed by atoms with Gasteiger partial charge < -0.3 is 9.72 Å². The van der Waals surface area contributed by atoms with Gasteiger partial charge in [0.1, 0.15) is 11.6 Å². The van der Waals surface area contributed by atoms with Crippen molar-refractivity contribution < 1.29 is 9.13 Å². The molecule has 114 valence electrons. The standard InChI is InChI=1S/C16H11FN4O2/c1-23-11-5-2-9(3-6-11)14-19-15-12-7-4-10(17)8-13(12)18-16(22)21(15)20-14/h2-8H,1H3,(H,18,22). The highest BCUT2D eigenvalue weighted by Gasteiger charge is 2.12. The molecule has 0 amide bonds. The van der Waals surface area contributed by atoms with Crippen molar-refractivity contribution in [2.75, 3.05) is 7.11 Å². The summed E-state index contributed by atoms with van der Waals surface area (Å²) < 4.78 is 19.6. The largest absolute Gasteiger partial charge is 0.497 e. The zero-order chi connectivity index (χ0) is 16.0. The van der Waals surface area contributed by atoms with E-state index in [0.717, 1.165) is 11.3 Å². The summed E-state index contributed by atoms with van der Waals surface area (Å²) in [5.74, 6) is 0.707. The SMILES string of the molecule is COc1ccc(-c2nc3c4ccc(F)cc4[nH]c(=O)n3n2)cc1. The maximum Gasteiger partial charge on any atom is 0.348 e. The van der Waals surface area contributed by atoms with Crippen LogP contribution in [0.1, 0.15) is 0 Å². The van der Waals surface area contributed by atoms with E-state index in [1.54, 1.807) is 25.3 Å². The number of H-pyrrole nitrogens is 1. The molecule has 0 aliphatic rings. The first-order valence-electron chi connectivity index (χ1n) is 6.88. The summed E-state index contributed by atoms with van der Waals surface area (Å²) in [6, 6.07) is 11.4. The molecule has 0 atom stereocenters. The first kappa shape index (κ1) is 13.4. The zero-order valence-corrected chi connectivity index (χ0v) is 12.1. The van der Waals surface area contributed by atoms with Crippen LogP contribution < -0.4 is 10.4 Å². The van der Waals surface area contributed by atoms with Crippen molar-refractivity contribution in [2.24, 2.45) is 0 Å². The quantitative estimate of drug-likeness (QED) is 0.617. The van der Waals surface area contributed by atoms with Crippen LogP contribution >= 0.6 is 0 Å². The lowest BCUT2D eigenvalue weighted by Gasteiger charge is -1.99. The summed E-state index contributed by atoms with van der Waals surface area (Å²) in [6.45, 7) is 0. The summed E-state index contributed by atoms with van der Waals surface area (Å²) in [4.78, 5) is 19.1. The van der Waals surface area contributed by atoms with Gasteiger partial charge >= 0.3 is 5.69 Å². The van der Waals surface area contributed by atoms with Crippen LogP contribution in [0.2, 0.25) is 0 Å². The van der Waals surface area contributed by atoms with E-state index < -0.39 is 11.5 Å². The highest BCUT2D eigenvalue weighted by molar-refractivity contribution is 5.91. The van der Waals surface area contributed by atoms with E-state index in [1.165, 1.54) is 16.6 Å². The van der Waals surface area contributed by atoms with Gasteiger partial charge in [0.15, 0.2) is 11.5 Å². The molecule has 0 bridgehead atoms. The van der Waals surface area contributed by atoms with Gasteiger partial charge in [0.2, 0.25) is 0 Å². The van der Waals surface area contributed by atoms with Crippen molar-refractivity contribution >= 4 is 16.6 Å². The Bertz CT molecular complexity index is 1080. The fourth-order valence-electron chi connectivity index (χ4n) is 2.47. The van der Waals surface area contributed by atoms with Gasteiger partial charge in [-0.1, -0.05) is 0 Å². The summed E-state index contributed by atoms with van der Waals surface area (Å²) >= 11 is 0. The number of benzene rings is 2. The van der Waals surface area contributed by atoms with Gasteiger partial charge in [-0.25, -0.2) is 14.2 Å². The van der Waals surface area contributed by atoms with Crippen LogP contribution in [0.4, 0.5) is 4.39 Å². The number of ether oxygens (including phenoxy) is 1. The predicted octanol–water partition coefficient (Wildman–Crippen LogP) is 2.39. The Morgan fingerprint density at radius 3 is 2.70 bits per heavy atom. The van der Waals surface area contributed by atoms with Crippen molar-refractivity contribution in [3.05, 3.63) is 58.8 Å². The molecule has 0 spiro atoms. The second-order valence-corrected chi connectivity index (χ2v) is 5.02. The van der Waals surface area contributed by atoms with Crippen LogP contribution in [0.3, 0.4) is 0 Å². The summed E-state index contributed by atoms with van der Waals surface area (Å²) in [5, 5.41) is 4.86. The summed E-state index contributed by atoms with van der Waals surface area (Å²) in [7, 11) is 1.59. The van der Waals surface area contributed by atoms with Crippen LogP contribution in [0.5, 0.6) is 5.75 Å². The number of aromatic nitrogens is 4. The lowest BCUT2D eigenvalue weighted by Crippen LogP contribution is -2.17. The molecule has 0 fully saturated rings. The van der Waals surface area contributed by atoms with Crippen molar-refractivity contribution in [3.63, 3.8) is 0 Å². The Labute approximate surface area is 129 Å². The number of nitrogens with one attached hydrogen (secondary N) is 1. The lowest BCUT2D eigenvalue weighted by molar-refractivity contribution is 0.415. The second-order valence-electron chi connectivity index (χ2n) is 5.02. The topological polar surface area (TPSA) is 72.3 Å². The highest BCUT2D eigenvalue weighted by atomic mass is 19.1. The molecule has 6 nitrogen and oxygen atoms in total. The average Bonchev–Trinajstić information content (AvgIpc) is 3.01. The third kappa shape index (κ3) is 2.13. The van der Waals surface area contributed by atoms with Gasteiger partial charge in [-0.15, -0.1) is 5.10 Å². The number of methoxy groups -OCH3 is 1. The third-order valence-electron chi connectivity index (χ3n) is 3.61. The normalized spacial score (nSPS) is 11.2. The molecule has 4 rings (SSSR count). The monoisotopic (exact) mass is 310 g/mol. The lowest BCUT2D eigenvalue weighted by atomic mass is 10.2. The number of aromatic amines is 1. The maximum atomic E-state index is 13.3. The van der Waals surface area contributed by atoms with Gasteiger partial charge in [0.05, 0.1) is 12.6 Å². The number of rotatable bonds is 2. The maximum absolute atomic E-state index is 13.3. The number of fused-ring (bicyclic) bond motifs is 3. The number of hydrogen-bond acceptors (Lipinski definition) is 4. The van der Waals surface area contributed by atoms with Crippen molar-refractivity contribution in [1.29, 1.82) is 0 Å². The Morgan fingerprint density at radius 2 is 1.96 bits per heavy atom. The van der Waals surface area contributed by atoms with Gasteiger partial charge in [0, 0.05) is 10.9 Å². The number of hydrogen-bond donors (Lipinski definition) is 1. The molecule has 0 saturated heterocycles. The number of nitrogens with zero attached hydrogens (tertiary/aromatic N) is 3. The van der Waals surface area contributed by atoms with Crippen LogP contribution in [-0.4, -0.2) is 26.7 Å². The molecular formula is C16H11FN4O2. The van der Waals surface area contributed by atoms with Gasteiger partial charge in [-0.05, 0) is 42.5 Å². The minimum absolute atomic E-state index is 0.384. The van der Waals surface area contributed by atoms with Crippen molar-refractivity contribution in [3.8, 4) is 17.1 Å². The van der Waals surface area contributed by atoms with Crippen molar-refractivity contribution in [2.45, 2.75) is 0 Å². The van der Waals surface area contributed by atoms with Crippen LogP contribution in [-0.2, 0) is 0 Å². The molecule has 23 heavy (non-hydrogen) atoms. The Kier molecular flexibility index (Phi) is 2.87. The van der Waals surface area contributed by atoms with Crippen LogP contribution in [0.25, 0.3) is 27.9 Å². The molecule has 0 aliphatic heterocycles. The Hall–Kier alpha value is -3.22. The second kappa shape index (κ2) is 4.91. The molecule has 2 aromatic carbocycles. The van der Waals surface area contributed by atoms with Crippen LogP contribution in [0, 0.1) is 5.82 Å². The first-order valence-corrected chi connectivity index (χ1v) is 6.88. The molecule has 0 aliphatic carbocycles. The fraction of sp³-hybridized carbons (Fsp3) is 0.0625. The van der Waals surface area contributed by atoms with Gasteiger partial charge in [-0.2, -0.15) is 4.52 Å². The highest BCUT2D eigenvalue weighted by Crippen LogP contribution is 2.22. The van der Waals surface area contributed by atoms with Gasteiger partial charge in [0.25, 0.3) is 0 Å². The average molecular weight is 310 g/mol. The predicted molar refractivity (Wildman–Crippen MR) is 83.1 cm³/mol. The Balaban J connectivity index is 1.97. The molecule has 2 aromatic heterocycles. The van der Waals surface area contributed by atoms with Crippen LogP contribution in [0.15, 0.2) is 47.3 Å². The third-order valence-corrected chi connectivity index (χ3v) is 3.61. The smallest absolute Gasteiger partial charge is 0.348 e. The first-order chi connectivity index (χ1) is 11.2. The Morgan fingerprint density at radius 1 is 1.17 bits per heavy atom. The van der Waals surface area contributed by atoms with Crippen molar-refractivity contribution in [1.82, 2.24) is 19.6 Å². The number of halogens is 1. The van der Waals surface area contributed by atoms with E-state index in [2.05, 4.69) is 15.1 Å². The van der Waals surface area contributed by atoms with E-state index in [0.29, 0.717) is 22.4 Å². The van der Waals surface area contributed by atoms with E-state index in [1.807, 2.05) is 12.1 Å². The summed E-state index contributed by atoms with van der Waals surface area (Å²) in [5.41, 5.74) is 1.06. The summed E-state index contributed by atoms with van der Waals surface area (Å²) in [6.07, 6.45) is 0. The molecule has 1 N–H and O–H groups in total. The molecule has 0 unspecified atom stereocenters. The molecule has 0 saturated carbocycles. The zero-order valence-electron chi connectivity index (χ0n) is 12.1. The van der Waals surface area contributed by atoms with E-state index in [4.69, 9.17) is 4.74 Å². The minimum atomic E-state index is -0.467. The fourth-order valence-corrected chi connectivity index (χ4v) is 2.47. The van der Waals surface area contributed by atoms with E-state index in [-0.39, 0.29) is 0 Å². The molecular weight excluding hydrogens is 299 g/mol. The van der Waals surface area contributed by atoms with E-state index >= 15 is 0 Å². The molecule has 0 radical (unpaired) electrons. The minimum Gasteiger partial charge on any atom is -0.497 e. The van der Waals surface area contributed by atoms with E-state index in [9.17, 15) is 9.18 Å². The molecule has 2 heterocycles. The molecule has 4 aromatic rings. The van der Waals surface area contributed by atoms with Gasteiger partial charge in [-0.3, -0.25) is 0 Å². The molecule has 7 heteroatoms.